The average Bonchev–Trinajstić information content (AvgIpc) is 2.29. The molecule has 1 aromatic rings. The van der Waals surface area contributed by atoms with Gasteiger partial charge < -0.3 is 14.7 Å². The summed E-state index contributed by atoms with van der Waals surface area (Å²) in [5.41, 5.74) is 2.32. The quantitative estimate of drug-likeness (QED) is 0.828. The van der Waals surface area contributed by atoms with Crippen LogP contribution in [0.3, 0.4) is 0 Å². The van der Waals surface area contributed by atoms with Gasteiger partial charge in [0.25, 0.3) is 0 Å². The molecule has 1 aliphatic heterocycles. The number of aliphatic hydroxyl groups excluding tert-OH is 1. The number of aliphatic hydroxyl groups is 1. The van der Waals surface area contributed by atoms with Crippen LogP contribution < -0.4 is 9.64 Å². The van der Waals surface area contributed by atoms with Crippen LogP contribution in [0.25, 0.3) is 0 Å². The highest BCUT2D eigenvalue weighted by molar-refractivity contribution is 5.60. The first-order valence-corrected chi connectivity index (χ1v) is 5.78. The Kier molecular flexibility index (Phi) is 3.34. The largest absolute Gasteiger partial charge is 0.495 e. The van der Waals surface area contributed by atoms with E-state index in [9.17, 15) is 5.11 Å². The van der Waals surface area contributed by atoms with Crippen molar-refractivity contribution in [2.24, 2.45) is 0 Å². The molecule has 0 aliphatic carbocycles. The molecule has 1 heterocycles. The number of ether oxygens (including phenoxy) is 1. The lowest BCUT2D eigenvalue weighted by molar-refractivity contribution is 0.154. The van der Waals surface area contributed by atoms with Crippen LogP contribution in [-0.4, -0.2) is 31.4 Å². The number of β-amino-alcohol motifs (C(OH)–C–C–N with tert-alkyl or cyclic N) is 1. The Morgan fingerprint density at radius 3 is 2.94 bits per heavy atom. The fourth-order valence-corrected chi connectivity index (χ4v) is 2.22. The number of piperidine rings is 1. The van der Waals surface area contributed by atoms with E-state index >= 15 is 0 Å². The highest BCUT2D eigenvalue weighted by Crippen LogP contribution is 2.31. The minimum Gasteiger partial charge on any atom is -0.495 e. The van der Waals surface area contributed by atoms with E-state index in [0.29, 0.717) is 6.54 Å². The van der Waals surface area contributed by atoms with Crippen molar-refractivity contribution in [1.82, 2.24) is 0 Å². The fraction of sp³-hybridized carbons (Fsp3) is 0.538. The van der Waals surface area contributed by atoms with Crippen molar-refractivity contribution < 1.29 is 9.84 Å². The van der Waals surface area contributed by atoms with Crippen molar-refractivity contribution in [3.8, 4) is 5.75 Å². The molecule has 16 heavy (non-hydrogen) atoms. The zero-order chi connectivity index (χ0) is 11.5. The molecule has 1 saturated heterocycles. The second-order valence-corrected chi connectivity index (χ2v) is 4.42. The summed E-state index contributed by atoms with van der Waals surface area (Å²) in [5, 5.41) is 9.69. The molecule has 0 saturated carbocycles. The highest BCUT2D eigenvalue weighted by atomic mass is 16.5. The van der Waals surface area contributed by atoms with Gasteiger partial charge in [-0.25, -0.2) is 0 Å². The Balaban J connectivity index is 2.26. The fourth-order valence-electron chi connectivity index (χ4n) is 2.22. The van der Waals surface area contributed by atoms with Crippen LogP contribution in [0.4, 0.5) is 5.69 Å². The summed E-state index contributed by atoms with van der Waals surface area (Å²) in [7, 11) is 1.69. The monoisotopic (exact) mass is 221 g/mol. The number of hydrogen-bond acceptors (Lipinski definition) is 3. The zero-order valence-electron chi connectivity index (χ0n) is 9.94. The van der Waals surface area contributed by atoms with Gasteiger partial charge in [-0.3, -0.25) is 0 Å². The summed E-state index contributed by atoms with van der Waals surface area (Å²) in [4.78, 5) is 2.21. The lowest BCUT2D eigenvalue weighted by atomic mass is 10.1. The van der Waals surface area contributed by atoms with Crippen molar-refractivity contribution >= 4 is 5.69 Å². The predicted molar refractivity (Wildman–Crippen MR) is 65.2 cm³/mol. The van der Waals surface area contributed by atoms with Crippen molar-refractivity contribution in [3.63, 3.8) is 0 Å². The average molecular weight is 221 g/mol. The number of hydrogen-bond donors (Lipinski definition) is 1. The van der Waals surface area contributed by atoms with Crippen molar-refractivity contribution in [3.05, 3.63) is 23.8 Å². The number of aryl methyl sites for hydroxylation is 1. The summed E-state index contributed by atoms with van der Waals surface area (Å²) >= 11 is 0. The molecule has 3 heteroatoms. The lowest BCUT2D eigenvalue weighted by Crippen LogP contribution is -2.38. The summed E-state index contributed by atoms with van der Waals surface area (Å²) < 4.78 is 5.37. The number of nitrogens with zero attached hydrogens (tertiary/aromatic N) is 1. The van der Waals surface area contributed by atoms with Gasteiger partial charge in [-0.15, -0.1) is 0 Å². The molecule has 1 N–H and O–H groups in total. The minimum atomic E-state index is -0.209. The first kappa shape index (κ1) is 11.3. The zero-order valence-corrected chi connectivity index (χ0v) is 9.94. The molecule has 2 rings (SSSR count). The van der Waals surface area contributed by atoms with Crippen molar-refractivity contribution in [1.29, 1.82) is 0 Å². The molecule has 1 unspecified atom stereocenters. The summed E-state index contributed by atoms with van der Waals surface area (Å²) in [6.45, 7) is 3.78. The van der Waals surface area contributed by atoms with Crippen LogP contribution in [0, 0.1) is 6.92 Å². The van der Waals surface area contributed by atoms with E-state index in [1.807, 2.05) is 12.1 Å². The minimum absolute atomic E-state index is 0.209. The molecule has 1 fully saturated rings. The Bertz CT molecular complexity index is 365. The second-order valence-electron chi connectivity index (χ2n) is 4.42. The Morgan fingerprint density at radius 2 is 2.25 bits per heavy atom. The molecule has 1 aliphatic rings. The topological polar surface area (TPSA) is 32.7 Å². The Labute approximate surface area is 96.6 Å². The van der Waals surface area contributed by atoms with Gasteiger partial charge >= 0.3 is 0 Å². The maximum absolute atomic E-state index is 9.69. The first-order valence-electron chi connectivity index (χ1n) is 5.78. The first-order chi connectivity index (χ1) is 7.70. The smallest absolute Gasteiger partial charge is 0.142 e. The molecule has 88 valence electrons. The Morgan fingerprint density at radius 1 is 1.44 bits per heavy atom. The van der Waals surface area contributed by atoms with Crippen LogP contribution in [0.15, 0.2) is 18.2 Å². The van der Waals surface area contributed by atoms with Gasteiger partial charge in [0.05, 0.1) is 18.9 Å². The molecule has 0 bridgehead atoms. The van der Waals surface area contributed by atoms with E-state index in [2.05, 4.69) is 17.9 Å². The van der Waals surface area contributed by atoms with E-state index in [4.69, 9.17) is 4.74 Å². The van der Waals surface area contributed by atoms with E-state index in [-0.39, 0.29) is 6.10 Å². The Hall–Kier alpha value is -1.22. The molecule has 1 atom stereocenters. The van der Waals surface area contributed by atoms with E-state index in [1.165, 1.54) is 5.56 Å². The van der Waals surface area contributed by atoms with E-state index in [1.54, 1.807) is 7.11 Å². The van der Waals surface area contributed by atoms with Gasteiger partial charge in [0.2, 0.25) is 0 Å². The summed E-state index contributed by atoms with van der Waals surface area (Å²) in [5.74, 6) is 0.889. The number of methoxy groups -OCH3 is 1. The van der Waals surface area contributed by atoms with Gasteiger partial charge in [0.1, 0.15) is 5.75 Å². The lowest BCUT2D eigenvalue weighted by Gasteiger charge is -2.33. The molecule has 1 aromatic carbocycles. The standard InChI is InChI=1S/C13H19NO2/c1-10-5-6-13(16-2)12(8-10)14-7-3-4-11(15)9-14/h5-6,8,11,15H,3-4,7,9H2,1-2H3. The number of anilines is 1. The highest BCUT2D eigenvalue weighted by Gasteiger charge is 2.20. The molecule has 0 amide bonds. The maximum atomic E-state index is 9.69. The summed E-state index contributed by atoms with van der Waals surface area (Å²) in [6.07, 6.45) is 1.74. The van der Waals surface area contributed by atoms with Gasteiger partial charge in [0, 0.05) is 13.1 Å². The van der Waals surface area contributed by atoms with Crippen molar-refractivity contribution in [2.75, 3.05) is 25.1 Å². The van der Waals surface area contributed by atoms with Crippen LogP contribution in [-0.2, 0) is 0 Å². The van der Waals surface area contributed by atoms with Gasteiger partial charge in [-0.1, -0.05) is 6.07 Å². The molecule has 0 aromatic heterocycles. The predicted octanol–water partition coefficient (Wildman–Crippen LogP) is 1.96. The third-order valence-corrected chi connectivity index (χ3v) is 3.07. The maximum Gasteiger partial charge on any atom is 0.142 e. The number of benzene rings is 1. The third-order valence-electron chi connectivity index (χ3n) is 3.07. The third kappa shape index (κ3) is 2.30. The van der Waals surface area contributed by atoms with Gasteiger partial charge in [-0.05, 0) is 37.5 Å². The van der Waals surface area contributed by atoms with Crippen LogP contribution in [0.2, 0.25) is 0 Å². The van der Waals surface area contributed by atoms with Crippen LogP contribution in [0.5, 0.6) is 5.75 Å². The second kappa shape index (κ2) is 4.74. The molecule has 0 spiro atoms. The molecular weight excluding hydrogens is 202 g/mol. The molecule has 0 radical (unpaired) electrons. The van der Waals surface area contributed by atoms with Gasteiger partial charge in [-0.2, -0.15) is 0 Å². The van der Waals surface area contributed by atoms with Crippen molar-refractivity contribution in [2.45, 2.75) is 25.9 Å². The molecular formula is C13H19NO2. The van der Waals surface area contributed by atoms with Crippen LogP contribution in [0.1, 0.15) is 18.4 Å². The SMILES string of the molecule is COc1ccc(C)cc1N1CCCC(O)C1. The van der Waals surface area contributed by atoms with E-state index in [0.717, 1.165) is 30.8 Å². The van der Waals surface area contributed by atoms with Gasteiger partial charge in [0.15, 0.2) is 0 Å². The summed E-state index contributed by atoms with van der Waals surface area (Å²) in [6, 6.07) is 6.16. The van der Waals surface area contributed by atoms with E-state index < -0.39 is 0 Å². The normalized spacial score (nSPS) is 20.9. The van der Waals surface area contributed by atoms with Crippen LogP contribution >= 0.6 is 0 Å². The number of rotatable bonds is 2. The molecule has 3 nitrogen and oxygen atoms in total.